The first-order chi connectivity index (χ1) is 8.03. The molecule has 0 radical (unpaired) electrons. The van der Waals surface area contributed by atoms with E-state index in [2.05, 4.69) is 15.9 Å². The van der Waals surface area contributed by atoms with Crippen LogP contribution in [0.15, 0.2) is 22.7 Å². The van der Waals surface area contributed by atoms with Crippen molar-refractivity contribution in [1.82, 2.24) is 0 Å². The molecule has 0 bridgehead atoms. The maximum atomic E-state index is 13.8. The summed E-state index contributed by atoms with van der Waals surface area (Å²) in [4.78, 5) is 0. The second kappa shape index (κ2) is 6.44. The second-order valence-electron chi connectivity index (χ2n) is 3.98. The minimum Gasteiger partial charge on any atom is -0.396 e. The van der Waals surface area contributed by atoms with Gasteiger partial charge in [0.25, 0.3) is 0 Å². The van der Waals surface area contributed by atoms with Gasteiger partial charge >= 0.3 is 0 Å². The van der Waals surface area contributed by atoms with Gasteiger partial charge in [-0.2, -0.15) is 0 Å². The van der Waals surface area contributed by atoms with Crippen molar-refractivity contribution in [3.8, 4) is 0 Å². The van der Waals surface area contributed by atoms with E-state index in [0.29, 0.717) is 18.6 Å². The molecule has 0 spiro atoms. The maximum absolute atomic E-state index is 13.8. The third-order valence-electron chi connectivity index (χ3n) is 2.61. The molecule has 1 aromatic carbocycles. The fraction of sp³-hybridized carbons (Fsp3) is 0.500. The van der Waals surface area contributed by atoms with Crippen molar-refractivity contribution in [3.63, 3.8) is 0 Å². The first kappa shape index (κ1) is 14.6. The minimum atomic E-state index is -0.872. The molecule has 1 atom stereocenters. The van der Waals surface area contributed by atoms with Crippen molar-refractivity contribution < 1.29 is 14.2 Å². The van der Waals surface area contributed by atoms with Crippen LogP contribution in [-0.2, 0) is 10.3 Å². The van der Waals surface area contributed by atoms with Crippen LogP contribution in [0.1, 0.15) is 18.9 Å². The lowest BCUT2D eigenvalue weighted by Gasteiger charge is -2.29. The zero-order valence-corrected chi connectivity index (χ0v) is 11.3. The summed E-state index contributed by atoms with van der Waals surface area (Å²) in [5.41, 5.74) is 5.22. The van der Waals surface area contributed by atoms with Crippen LogP contribution in [-0.4, -0.2) is 24.9 Å². The summed E-state index contributed by atoms with van der Waals surface area (Å²) in [5, 5.41) is 8.71. The SMILES string of the molecule is CC(CN)(OCCCO)c1cc(Br)ccc1F. The molecule has 3 N–H and O–H groups in total. The number of benzene rings is 1. The monoisotopic (exact) mass is 305 g/mol. The molecule has 0 aliphatic carbocycles. The average molecular weight is 306 g/mol. The van der Waals surface area contributed by atoms with Gasteiger partial charge in [0.2, 0.25) is 0 Å². The second-order valence-corrected chi connectivity index (χ2v) is 4.90. The largest absolute Gasteiger partial charge is 0.396 e. The summed E-state index contributed by atoms with van der Waals surface area (Å²) in [6.45, 7) is 2.30. The van der Waals surface area contributed by atoms with Gasteiger partial charge in [-0.25, -0.2) is 4.39 Å². The molecule has 0 saturated carbocycles. The van der Waals surface area contributed by atoms with Crippen LogP contribution in [0.5, 0.6) is 0 Å². The summed E-state index contributed by atoms with van der Waals surface area (Å²) >= 11 is 3.30. The zero-order valence-electron chi connectivity index (χ0n) is 9.75. The van der Waals surface area contributed by atoms with Crippen molar-refractivity contribution in [2.45, 2.75) is 18.9 Å². The van der Waals surface area contributed by atoms with E-state index in [1.54, 1.807) is 19.1 Å². The van der Waals surface area contributed by atoms with E-state index in [-0.39, 0.29) is 19.0 Å². The Balaban J connectivity index is 2.94. The topological polar surface area (TPSA) is 55.5 Å². The molecule has 0 fully saturated rings. The summed E-state index contributed by atoms with van der Waals surface area (Å²) < 4.78 is 20.1. The van der Waals surface area contributed by atoms with Gasteiger partial charge in [-0.1, -0.05) is 15.9 Å². The van der Waals surface area contributed by atoms with Crippen LogP contribution in [0, 0.1) is 5.82 Å². The number of halogens is 2. The molecule has 0 heterocycles. The minimum absolute atomic E-state index is 0.0433. The highest BCUT2D eigenvalue weighted by Crippen LogP contribution is 2.29. The smallest absolute Gasteiger partial charge is 0.129 e. The molecule has 0 saturated heterocycles. The highest BCUT2D eigenvalue weighted by molar-refractivity contribution is 9.10. The van der Waals surface area contributed by atoms with Gasteiger partial charge in [-0.15, -0.1) is 0 Å². The standard InChI is InChI=1S/C12H17BrFNO2/c1-12(8-15,17-6-2-5-16)10-7-9(13)3-4-11(10)14/h3-4,7,16H,2,5-6,8,15H2,1H3. The van der Waals surface area contributed by atoms with E-state index in [4.69, 9.17) is 15.6 Å². The summed E-state index contributed by atoms with van der Waals surface area (Å²) in [6.07, 6.45) is 0.505. The molecule has 96 valence electrons. The molecular formula is C12H17BrFNO2. The Morgan fingerprint density at radius 3 is 2.82 bits per heavy atom. The fourth-order valence-electron chi connectivity index (χ4n) is 1.51. The van der Waals surface area contributed by atoms with Crippen LogP contribution in [0.3, 0.4) is 0 Å². The van der Waals surface area contributed by atoms with Gasteiger partial charge in [-0.3, -0.25) is 0 Å². The highest BCUT2D eigenvalue weighted by atomic mass is 79.9. The molecule has 1 rings (SSSR count). The summed E-state index contributed by atoms with van der Waals surface area (Å²) in [6, 6.07) is 4.67. The van der Waals surface area contributed by atoms with Crippen LogP contribution in [0.2, 0.25) is 0 Å². The molecule has 0 amide bonds. The lowest BCUT2D eigenvalue weighted by atomic mass is 9.95. The summed E-state index contributed by atoms with van der Waals surface area (Å²) in [5.74, 6) is -0.342. The van der Waals surface area contributed by atoms with E-state index >= 15 is 0 Å². The van der Waals surface area contributed by atoms with Crippen molar-refractivity contribution >= 4 is 15.9 Å². The first-order valence-corrected chi connectivity index (χ1v) is 6.23. The normalized spacial score (nSPS) is 14.6. The number of hydrogen-bond acceptors (Lipinski definition) is 3. The molecule has 0 aliphatic heterocycles. The van der Waals surface area contributed by atoms with E-state index < -0.39 is 5.60 Å². The van der Waals surface area contributed by atoms with Gasteiger partial charge in [-0.05, 0) is 31.5 Å². The van der Waals surface area contributed by atoms with Crippen molar-refractivity contribution in [3.05, 3.63) is 34.1 Å². The molecule has 1 aromatic rings. The Kier molecular flexibility index (Phi) is 5.52. The van der Waals surface area contributed by atoms with Crippen molar-refractivity contribution in [2.75, 3.05) is 19.8 Å². The number of rotatable bonds is 6. The molecular weight excluding hydrogens is 289 g/mol. The quantitative estimate of drug-likeness (QED) is 0.792. The van der Waals surface area contributed by atoms with Gasteiger partial charge in [0, 0.05) is 23.2 Å². The van der Waals surface area contributed by atoms with E-state index in [1.807, 2.05) is 0 Å². The zero-order chi connectivity index (χ0) is 12.9. The van der Waals surface area contributed by atoms with E-state index in [1.165, 1.54) is 6.07 Å². The van der Waals surface area contributed by atoms with Gasteiger partial charge in [0.15, 0.2) is 0 Å². The third-order valence-corrected chi connectivity index (χ3v) is 3.10. The maximum Gasteiger partial charge on any atom is 0.129 e. The van der Waals surface area contributed by atoms with Crippen molar-refractivity contribution in [1.29, 1.82) is 0 Å². The highest BCUT2D eigenvalue weighted by Gasteiger charge is 2.29. The van der Waals surface area contributed by atoms with Crippen LogP contribution >= 0.6 is 15.9 Å². The van der Waals surface area contributed by atoms with E-state index in [9.17, 15) is 4.39 Å². The van der Waals surface area contributed by atoms with E-state index in [0.717, 1.165) is 4.47 Å². The van der Waals surface area contributed by atoms with Crippen LogP contribution in [0.25, 0.3) is 0 Å². The lowest BCUT2D eigenvalue weighted by molar-refractivity contribution is -0.0364. The Labute approximate surface area is 109 Å². The first-order valence-electron chi connectivity index (χ1n) is 5.44. The Bertz CT molecular complexity index is 376. The Morgan fingerprint density at radius 2 is 2.24 bits per heavy atom. The van der Waals surface area contributed by atoms with Gasteiger partial charge in [0.05, 0.1) is 6.61 Å². The Hall–Kier alpha value is -0.490. The number of aliphatic hydroxyl groups is 1. The van der Waals surface area contributed by atoms with Crippen molar-refractivity contribution in [2.24, 2.45) is 5.73 Å². The van der Waals surface area contributed by atoms with Crippen LogP contribution in [0.4, 0.5) is 4.39 Å². The number of ether oxygens (including phenoxy) is 1. The predicted octanol–water partition coefficient (Wildman–Crippen LogP) is 2.16. The number of nitrogens with two attached hydrogens (primary N) is 1. The molecule has 0 aliphatic rings. The molecule has 3 nitrogen and oxygen atoms in total. The van der Waals surface area contributed by atoms with Crippen LogP contribution < -0.4 is 5.73 Å². The Morgan fingerprint density at radius 1 is 1.53 bits per heavy atom. The average Bonchev–Trinajstić information content (AvgIpc) is 2.32. The molecule has 17 heavy (non-hydrogen) atoms. The lowest BCUT2D eigenvalue weighted by Crippen LogP contribution is -2.36. The molecule has 5 heteroatoms. The molecule has 1 unspecified atom stereocenters. The fourth-order valence-corrected chi connectivity index (χ4v) is 1.87. The number of hydrogen-bond donors (Lipinski definition) is 2. The molecule has 0 aromatic heterocycles. The number of aliphatic hydroxyl groups excluding tert-OH is 1. The predicted molar refractivity (Wildman–Crippen MR) is 68.2 cm³/mol. The summed E-state index contributed by atoms with van der Waals surface area (Å²) in [7, 11) is 0. The third kappa shape index (κ3) is 3.74. The van der Waals surface area contributed by atoms with Gasteiger partial charge in [0.1, 0.15) is 11.4 Å². The van der Waals surface area contributed by atoms with Gasteiger partial charge < -0.3 is 15.6 Å².